The second kappa shape index (κ2) is 10.8. The molecule has 1 N–H and O–H groups in total. The van der Waals surface area contributed by atoms with Gasteiger partial charge in [0.05, 0.1) is 6.54 Å². The van der Waals surface area contributed by atoms with Crippen molar-refractivity contribution in [2.45, 2.75) is 32.6 Å². The monoisotopic (exact) mass is 385 g/mol. The highest BCUT2D eigenvalue weighted by atomic mass is 15.3. The third kappa shape index (κ3) is 5.95. The Balaban J connectivity index is 1.54. The van der Waals surface area contributed by atoms with Crippen LogP contribution in [0.5, 0.6) is 0 Å². The Morgan fingerprint density at radius 2 is 1.93 bits per heavy atom. The number of hydrogen-bond acceptors (Lipinski definition) is 3. The Bertz CT molecular complexity index is 602. The number of nitrogens with zero attached hydrogens (tertiary/aromatic N) is 4. The molecule has 156 valence electrons. The molecule has 2 unspecified atom stereocenters. The van der Waals surface area contributed by atoms with Gasteiger partial charge in [-0.05, 0) is 57.3 Å². The van der Waals surface area contributed by atoms with Crippen LogP contribution in [0.25, 0.3) is 0 Å². The van der Waals surface area contributed by atoms with Gasteiger partial charge in [-0.25, -0.2) is 0 Å². The number of likely N-dealkylation sites (tertiary alicyclic amines) is 1. The summed E-state index contributed by atoms with van der Waals surface area (Å²) in [4.78, 5) is 12.5. The molecule has 0 aromatic heterocycles. The molecule has 0 amide bonds. The van der Waals surface area contributed by atoms with Crippen molar-refractivity contribution in [1.29, 1.82) is 0 Å². The third-order valence-corrected chi connectivity index (χ3v) is 6.26. The van der Waals surface area contributed by atoms with Crippen LogP contribution >= 0.6 is 0 Å². The van der Waals surface area contributed by atoms with Crippen LogP contribution in [0, 0.1) is 5.92 Å². The molecule has 0 aliphatic carbocycles. The van der Waals surface area contributed by atoms with E-state index < -0.39 is 0 Å². The zero-order valence-electron chi connectivity index (χ0n) is 18.1. The molecule has 2 heterocycles. The van der Waals surface area contributed by atoms with Gasteiger partial charge in [0, 0.05) is 39.3 Å². The Morgan fingerprint density at radius 3 is 2.68 bits per heavy atom. The minimum absolute atomic E-state index is 0.640. The molecule has 2 saturated heterocycles. The highest BCUT2D eigenvalue weighted by Crippen LogP contribution is 2.32. The first-order valence-electron chi connectivity index (χ1n) is 11.2. The van der Waals surface area contributed by atoms with E-state index in [0.29, 0.717) is 11.8 Å². The lowest BCUT2D eigenvalue weighted by molar-refractivity contribution is 0.233. The van der Waals surface area contributed by atoms with E-state index in [1.165, 1.54) is 44.6 Å². The first-order chi connectivity index (χ1) is 13.7. The van der Waals surface area contributed by atoms with Crippen molar-refractivity contribution in [3.63, 3.8) is 0 Å². The van der Waals surface area contributed by atoms with Gasteiger partial charge >= 0.3 is 0 Å². The fourth-order valence-corrected chi connectivity index (χ4v) is 4.58. The van der Waals surface area contributed by atoms with Crippen molar-refractivity contribution in [3.05, 3.63) is 35.9 Å². The van der Waals surface area contributed by atoms with Crippen molar-refractivity contribution in [3.8, 4) is 0 Å². The molecule has 2 atom stereocenters. The van der Waals surface area contributed by atoms with Gasteiger partial charge in [-0.15, -0.1) is 0 Å². The van der Waals surface area contributed by atoms with E-state index in [4.69, 9.17) is 4.99 Å². The second-order valence-electron chi connectivity index (χ2n) is 8.46. The molecular weight excluding hydrogens is 346 g/mol. The Hall–Kier alpha value is -1.59. The van der Waals surface area contributed by atoms with Crippen LogP contribution in [-0.2, 0) is 0 Å². The molecule has 1 aromatic rings. The summed E-state index contributed by atoms with van der Waals surface area (Å²) in [5.74, 6) is 2.41. The van der Waals surface area contributed by atoms with Gasteiger partial charge < -0.3 is 20.0 Å². The van der Waals surface area contributed by atoms with E-state index in [1.807, 2.05) is 0 Å². The van der Waals surface area contributed by atoms with Crippen LogP contribution in [0.15, 0.2) is 35.3 Å². The summed E-state index contributed by atoms with van der Waals surface area (Å²) in [6.07, 6.45) is 2.47. The van der Waals surface area contributed by atoms with Gasteiger partial charge in [0.1, 0.15) is 0 Å². The smallest absolute Gasteiger partial charge is 0.193 e. The largest absolute Gasteiger partial charge is 0.357 e. The van der Waals surface area contributed by atoms with Crippen LogP contribution in [0.1, 0.15) is 38.2 Å². The lowest BCUT2D eigenvalue weighted by Crippen LogP contribution is -2.48. The minimum Gasteiger partial charge on any atom is -0.357 e. The molecule has 0 saturated carbocycles. The summed E-state index contributed by atoms with van der Waals surface area (Å²) < 4.78 is 0. The van der Waals surface area contributed by atoms with Crippen LogP contribution in [0.3, 0.4) is 0 Å². The van der Waals surface area contributed by atoms with Crippen molar-refractivity contribution in [2.75, 3.05) is 66.0 Å². The summed E-state index contributed by atoms with van der Waals surface area (Å²) in [5, 5.41) is 3.53. The van der Waals surface area contributed by atoms with Gasteiger partial charge in [-0.1, -0.05) is 37.3 Å². The zero-order valence-corrected chi connectivity index (χ0v) is 18.1. The number of benzene rings is 1. The number of aliphatic imine (C=N–C) groups is 1. The number of rotatable bonds is 5. The molecule has 5 nitrogen and oxygen atoms in total. The molecule has 28 heavy (non-hydrogen) atoms. The van der Waals surface area contributed by atoms with Gasteiger partial charge in [0.15, 0.2) is 5.96 Å². The lowest BCUT2D eigenvalue weighted by atomic mass is 9.82. The highest BCUT2D eigenvalue weighted by molar-refractivity contribution is 5.80. The molecule has 0 radical (unpaired) electrons. The predicted octanol–water partition coefficient (Wildman–Crippen LogP) is 2.72. The molecule has 1 aromatic carbocycles. The van der Waals surface area contributed by atoms with Crippen LogP contribution < -0.4 is 5.32 Å². The first-order valence-corrected chi connectivity index (χ1v) is 11.2. The van der Waals surface area contributed by atoms with Crippen molar-refractivity contribution >= 4 is 5.96 Å². The topological polar surface area (TPSA) is 34.1 Å². The third-order valence-electron chi connectivity index (χ3n) is 6.26. The Morgan fingerprint density at radius 1 is 1.11 bits per heavy atom. The van der Waals surface area contributed by atoms with Crippen LogP contribution in [0.4, 0.5) is 0 Å². The van der Waals surface area contributed by atoms with E-state index in [0.717, 1.165) is 38.7 Å². The number of piperidine rings is 1. The summed E-state index contributed by atoms with van der Waals surface area (Å²) in [6.45, 7) is 14.4. The predicted molar refractivity (Wildman–Crippen MR) is 119 cm³/mol. The van der Waals surface area contributed by atoms with E-state index >= 15 is 0 Å². The average molecular weight is 386 g/mol. The SMILES string of the molecule is CCNC(=NCCN1CCCN(C)CC1)N1CCC(c2ccccc2)C(C)C1. The fourth-order valence-electron chi connectivity index (χ4n) is 4.58. The number of guanidine groups is 1. The molecule has 2 aliphatic heterocycles. The minimum atomic E-state index is 0.640. The standard InChI is InChI=1S/C23H39N5/c1-4-24-23(25-12-16-27-14-8-13-26(3)17-18-27)28-15-11-22(20(2)19-28)21-9-6-5-7-10-21/h5-7,9-10,20,22H,4,8,11-19H2,1-3H3,(H,24,25). The number of nitrogens with one attached hydrogen (secondary N) is 1. The average Bonchev–Trinajstić information content (AvgIpc) is 2.92. The summed E-state index contributed by atoms with van der Waals surface area (Å²) in [6, 6.07) is 11.0. The van der Waals surface area contributed by atoms with Gasteiger partial charge in [0.2, 0.25) is 0 Å². The molecule has 3 rings (SSSR count). The Labute approximate surface area is 171 Å². The van der Waals surface area contributed by atoms with Crippen LogP contribution in [0.2, 0.25) is 0 Å². The van der Waals surface area contributed by atoms with Gasteiger partial charge in [0.25, 0.3) is 0 Å². The quantitative estimate of drug-likeness (QED) is 0.624. The maximum Gasteiger partial charge on any atom is 0.193 e. The molecule has 0 bridgehead atoms. The summed E-state index contributed by atoms with van der Waals surface area (Å²) >= 11 is 0. The molecule has 0 spiro atoms. The van der Waals surface area contributed by atoms with Crippen molar-refractivity contribution < 1.29 is 0 Å². The molecular formula is C23H39N5. The van der Waals surface area contributed by atoms with Crippen molar-refractivity contribution in [1.82, 2.24) is 20.0 Å². The van der Waals surface area contributed by atoms with E-state index in [2.05, 4.69) is 71.2 Å². The van der Waals surface area contributed by atoms with Gasteiger partial charge in [-0.2, -0.15) is 0 Å². The highest BCUT2D eigenvalue weighted by Gasteiger charge is 2.28. The summed E-state index contributed by atoms with van der Waals surface area (Å²) in [5.41, 5.74) is 1.49. The molecule has 2 aliphatic rings. The maximum atomic E-state index is 4.99. The van der Waals surface area contributed by atoms with Gasteiger partial charge in [-0.3, -0.25) is 4.99 Å². The van der Waals surface area contributed by atoms with E-state index in [1.54, 1.807) is 0 Å². The lowest BCUT2D eigenvalue weighted by Gasteiger charge is -2.39. The number of hydrogen-bond donors (Lipinski definition) is 1. The number of likely N-dealkylation sites (N-methyl/N-ethyl adjacent to an activating group) is 1. The second-order valence-corrected chi connectivity index (χ2v) is 8.46. The normalized spacial score (nSPS) is 25.5. The zero-order chi connectivity index (χ0) is 19.8. The Kier molecular flexibility index (Phi) is 8.16. The van der Waals surface area contributed by atoms with Crippen LogP contribution in [-0.4, -0.2) is 86.6 Å². The fraction of sp³-hybridized carbons (Fsp3) is 0.696. The van der Waals surface area contributed by atoms with E-state index in [-0.39, 0.29) is 0 Å². The van der Waals surface area contributed by atoms with E-state index in [9.17, 15) is 0 Å². The first kappa shape index (κ1) is 21.1. The molecule has 5 heteroatoms. The van der Waals surface area contributed by atoms with Crippen molar-refractivity contribution in [2.24, 2.45) is 10.9 Å². The summed E-state index contributed by atoms with van der Waals surface area (Å²) in [7, 11) is 2.23. The molecule has 2 fully saturated rings. The maximum absolute atomic E-state index is 4.99.